The Kier molecular flexibility index (Phi) is 7.98. The average molecular weight is 542 g/mol. The number of fused-ring (bicyclic) bond motifs is 1. The van der Waals surface area contributed by atoms with Crippen LogP contribution in [-0.4, -0.2) is 79.9 Å². The molecule has 0 aliphatic carbocycles. The molecule has 2 unspecified atom stereocenters. The predicted molar refractivity (Wildman–Crippen MR) is 114 cm³/mol. The monoisotopic (exact) mass is 542 g/mol. The summed E-state index contributed by atoms with van der Waals surface area (Å²) in [7, 11) is 0. The molecule has 2 atom stereocenters. The number of rotatable bonds is 5. The van der Waals surface area contributed by atoms with Crippen LogP contribution in [0, 0.1) is 5.92 Å². The molecule has 3 heterocycles. The van der Waals surface area contributed by atoms with Crippen molar-refractivity contribution in [1.29, 1.82) is 0 Å². The van der Waals surface area contributed by atoms with E-state index >= 15 is 0 Å². The molecule has 3 amide bonds. The number of piperidine rings is 1. The second kappa shape index (κ2) is 10.4. The number of nitrogens with zero attached hydrogens (tertiary/aromatic N) is 5. The Labute approximate surface area is 208 Å². The molecule has 0 radical (unpaired) electrons. The fourth-order valence-corrected chi connectivity index (χ4v) is 4.17. The molecule has 10 nitrogen and oxygen atoms in total. The highest BCUT2D eigenvalue weighted by Gasteiger charge is 2.44. The van der Waals surface area contributed by atoms with E-state index in [1.165, 1.54) is 4.90 Å². The SMILES string of the molecule is CC(C)(C)OC(=O)NC(CC(=O)N1CCn2c(nnc2C(F)(F)F)C1)CN1CCC(C(F)(F)F)CC1=O. The number of carbonyl (C=O) groups is 3. The van der Waals surface area contributed by atoms with Gasteiger partial charge in [-0.15, -0.1) is 10.2 Å². The van der Waals surface area contributed by atoms with Crippen molar-refractivity contribution in [2.24, 2.45) is 5.92 Å². The maximum atomic E-state index is 13.1. The summed E-state index contributed by atoms with van der Waals surface area (Å²) in [6.07, 6.45) is -11.5. The van der Waals surface area contributed by atoms with Crippen LogP contribution in [0.4, 0.5) is 31.1 Å². The van der Waals surface area contributed by atoms with Gasteiger partial charge in [0, 0.05) is 39.0 Å². The average Bonchev–Trinajstić information content (AvgIpc) is 3.16. The number of alkyl halides is 6. The summed E-state index contributed by atoms with van der Waals surface area (Å²) in [6, 6.07) is -1.01. The third-order valence-corrected chi connectivity index (χ3v) is 5.93. The first-order valence-electron chi connectivity index (χ1n) is 11.5. The van der Waals surface area contributed by atoms with E-state index in [1.807, 2.05) is 0 Å². The van der Waals surface area contributed by atoms with Gasteiger partial charge in [0.2, 0.25) is 17.6 Å². The van der Waals surface area contributed by atoms with Crippen LogP contribution in [0.5, 0.6) is 0 Å². The smallest absolute Gasteiger partial charge is 0.444 e. The zero-order chi connectivity index (χ0) is 27.8. The molecule has 1 aromatic heterocycles. The highest BCUT2D eigenvalue weighted by molar-refractivity contribution is 5.79. The van der Waals surface area contributed by atoms with E-state index in [2.05, 4.69) is 15.5 Å². The lowest BCUT2D eigenvalue weighted by Crippen LogP contribution is -2.52. The van der Waals surface area contributed by atoms with Crippen molar-refractivity contribution < 1.29 is 45.5 Å². The van der Waals surface area contributed by atoms with Crippen molar-refractivity contribution in [3.05, 3.63) is 11.6 Å². The van der Waals surface area contributed by atoms with Crippen molar-refractivity contribution in [1.82, 2.24) is 29.9 Å². The number of alkyl carbamates (subject to hydrolysis) is 1. The molecular formula is C21H28F6N6O4. The van der Waals surface area contributed by atoms with Gasteiger partial charge in [0.25, 0.3) is 0 Å². The Balaban J connectivity index is 1.69. The third kappa shape index (κ3) is 7.47. The first kappa shape index (κ1) is 28.5. The number of hydrogen-bond donors (Lipinski definition) is 1. The van der Waals surface area contributed by atoms with Crippen LogP contribution in [0.25, 0.3) is 0 Å². The molecule has 2 aliphatic heterocycles. The molecule has 16 heteroatoms. The standard InChI is InChI=1S/C21H28F6N6O4/c1-19(2,3)37-18(36)28-13(10-31-5-4-12(8-15(31)34)20(22,23)24)9-16(35)32-6-7-33-14(11-32)29-30-17(33)21(25,26)27/h12-13H,4-11H2,1-3H3,(H,28,36). The Morgan fingerprint density at radius 1 is 1.08 bits per heavy atom. The third-order valence-electron chi connectivity index (χ3n) is 5.93. The zero-order valence-electron chi connectivity index (χ0n) is 20.4. The van der Waals surface area contributed by atoms with E-state index in [9.17, 15) is 40.7 Å². The predicted octanol–water partition coefficient (Wildman–Crippen LogP) is 2.72. The molecule has 2 aliphatic rings. The van der Waals surface area contributed by atoms with E-state index in [0.29, 0.717) is 0 Å². The molecule has 3 rings (SSSR count). The van der Waals surface area contributed by atoms with Crippen LogP contribution >= 0.6 is 0 Å². The van der Waals surface area contributed by atoms with E-state index < -0.39 is 60.1 Å². The van der Waals surface area contributed by atoms with Crippen molar-refractivity contribution >= 4 is 17.9 Å². The summed E-state index contributed by atoms with van der Waals surface area (Å²) in [5.74, 6) is -4.31. The van der Waals surface area contributed by atoms with E-state index in [1.54, 1.807) is 20.8 Å². The quantitative estimate of drug-likeness (QED) is 0.574. The lowest BCUT2D eigenvalue weighted by molar-refractivity contribution is -0.189. The number of likely N-dealkylation sites (tertiary alicyclic amines) is 1. The molecule has 0 spiro atoms. The lowest BCUT2D eigenvalue weighted by atomic mass is 9.95. The highest BCUT2D eigenvalue weighted by Crippen LogP contribution is 2.35. The molecule has 37 heavy (non-hydrogen) atoms. The summed E-state index contributed by atoms with van der Waals surface area (Å²) in [5.41, 5.74) is -0.882. The molecule has 208 valence electrons. The molecular weight excluding hydrogens is 514 g/mol. The summed E-state index contributed by atoms with van der Waals surface area (Å²) in [5, 5.41) is 9.17. The number of ether oxygens (including phenoxy) is 1. The second-order valence-electron chi connectivity index (χ2n) is 10.0. The topological polar surface area (TPSA) is 110 Å². The van der Waals surface area contributed by atoms with Crippen LogP contribution in [0.3, 0.4) is 0 Å². The maximum absolute atomic E-state index is 13.1. The first-order chi connectivity index (χ1) is 16.9. The van der Waals surface area contributed by atoms with Gasteiger partial charge < -0.3 is 24.4 Å². The fourth-order valence-electron chi connectivity index (χ4n) is 4.17. The minimum Gasteiger partial charge on any atom is -0.444 e. The normalized spacial score (nSPS) is 19.9. The van der Waals surface area contributed by atoms with E-state index in [-0.39, 0.29) is 51.4 Å². The number of amides is 3. The molecule has 1 saturated heterocycles. The van der Waals surface area contributed by atoms with Crippen LogP contribution in [0.1, 0.15) is 51.7 Å². The van der Waals surface area contributed by atoms with Crippen LogP contribution in [0.2, 0.25) is 0 Å². The van der Waals surface area contributed by atoms with Crippen molar-refractivity contribution in [2.75, 3.05) is 19.6 Å². The van der Waals surface area contributed by atoms with E-state index in [0.717, 1.165) is 9.47 Å². The molecule has 1 aromatic rings. The fraction of sp³-hybridized carbons (Fsp3) is 0.762. The molecule has 1 fully saturated rings. The summed E-state index contributed by atoms with van der Waals surface area (Å²) >= 11 is 0. The number of carbonyl (C=O) groups excluding carboxylic acids is 3. The first-order valence-corrected chi connectivity index (χ1v) is 11.5. The van der Waals surface area contributed by atoms with Crippen LogP contribution in [0.15, 0.2) is 0 Å². The van der Waals surface area contributed by atoms with Crippen LogP contribution in [-0.2, 0) is 33.6 Å². The molecule has 0 aromatic carbocycles. The van der Waals surface area contributed by atoms with Gasteiger partial charge >= 0.3 is 18.4 Å². The largest absolute Gasteiger partial charge is 0.451 e. The summed E-state index contributed by atoms with van der Waals surface area (Å²) in [6.45, 7) is 3.84. The number of halogens is 6. The van der Waals surface area contributed by atoms with Gasteiger partial charge in [0.15, 0.2) is 5.82 Å². The maximum Gasteiger partial charge on any atom is 0.451 e. The van der Waals surface area contributed by atoms with Gasteiger partial charge in [-0.3, -0.25) is 9.59 Å². The van der Waals surface area contributed by atoms with Gasteiger partial charge in [-0.1, -0.05) is 0 Å². The summed E-state index contributed by atoms with van der Waals surface area (Å²) < 4.78 is 84.3. The van der Waals surface area contributed by atoms with Crippen molar-refractivity contribution in [3.8, 4) is 0 Å². The Morgan fingerprint density at radius 2 is 1.76 bits per heavy atom. The number of nitrogens with one attached hydrogen (secondary N) is 1. The lowest BCUT2D eigenvalue weighted by Gasteiger charge is -2.35. The number of hydrogen-bond acceptors (Lipinski definition) is 6. The van der Waals surface area contributed by atoms with E-state index in [4.69, 9.17) is 4.74 Å². The number of aromatic nitrogens is 3. The molecule has 1 N–H and O–H groups in total. The zero-order valence-corrected chi connectivity index (χ0v) is 20.4. The van der Waals surface area contributed by atoms with Gasteiger partial charge in [0.1, 0.15) is 5.60 Å². The van der Waals surface area contributed by atoms with Gasteiger partial charge in [-0.25, -0.2) is 4.79 Å². The Hall–Kier alpha value is -3.07. The molecule has 0 saturated carbocycles. The Morgan fingerprint density at radius 3 is 2.32 bits per heavy atom. The highest BCUT2D eigenvalue weighted by atomic mass is 19.4. The second-order valence-corrected chi connectivity index (χ2v) is 10.0. The van der Waals surface area contributed by atoms with Gasteiger partial charge in [-0.2, -0.15) is 26.3 Å². The van der Waals surface area contributed by atoms with Gasteiger partial charge in [0.05, 0.1) is 18.5 Å². The van der Waals surface area contributed by atoms with Gasteiger partial charge in [-0.05, 0) is 27.2 Å². The van der Waals surface area contributed by atoms with Crippen LogP contribution < -0.4 is 5.32 Å². The van der Waals surface area contributed by atoms with Crippen molar-refractivity contribution in [2.45, 2.75) is 77.1 Å². The minimum atomic E-state index is -4.70. The van der Waals surface area contributed by atoms with Crippen molar-refractivity contribution in [3.63, 3.8) is 0 Å². The summed E-state index contributed by atoms with van der Waals surface area (Å²) in [4.78, 5) is 40.1. The minimum absolute atomic E-state index is 0.0621. The molecule has 0 bridgehead atoms. The Bertz CT molecular complexity index is 1020.